The Balaban J connectivity index is 1.48. The first-order chi connectivity index (χ1) is 21.5. The summed E-state index contributed by atoms with van der Waals surface area (Å²) in [6.45, 7) is 8.78. The summed E-state index contributed by atoms with van der Waals surface area (Å²) in [6, 6.07) is 50.4. The highest BCUT2D eigenvalue weighted by Crippen LogP contribution is 2.37. The number of ether oxygens (including phenoxy) is 1. The van der Waals surface area contributed by atoms with Crippen LogP contribution in [-0.2, 0) is 0 Å². The number of para-hydroxylation sites is 2. The molecule has 0 saturated carbocycles. The number of rotatable bonds is 6. The third kappa shape index (κ3) is 4.97. The van der Waals surface area contributed by atoms with Gasteiger partial charge in [0, 0.05) is 5.56 Å². The van der Waals surface area contributed by atoms with Crippen molar-refractivity contribution in [2.75, 3.05) is 0 Å². The van der Waals surface area contributed by atoms with E-state index in [1.165, 1.54) is 49.1 Å². The second kappa shape index (κ2) is 11.5. The van der Waals surface area contributed by atoms with Crippen LogP contribution in [0.15, 0.2) is 140 Å². The first-order valence-electron chi connectivity index (χ1n) is 15.4. The summed E-state index contributed by atoms with van der Waals surface area (Å²) >= 11 is 0. The van der Waals surface area contributed by atoms with Crippen LogP contribution in [0.2, 0.25) is 0 Å². The van der Waals surface area contributed by atoms with Crippen molar-refractivity contribution in [3.63, 3.8) is 0 Å². The Morgan fingerprint density at radius 3 is 1.68 bits per heavy atom. The fourth-order valence-electron chi connectivity index (χ4n) is 6.74. The lowest BCUT2D eigenvalue weighted by atomic mass is 9.34. The van der Waals surface area contributed by atoms with Gasteiger partial charge in [-0.3, -0.25) is 0 Å². The van der Waals surface area contributed by atoms with E-state index >= 15 is 0 Å². The second-order valence-corrected chi connectivity index (χ2v) is 11.9. The normalized spacial score (nSPS) is 11.2. The molecule has 2 heteroatoms. The Bertz CT molecular complexity index is 2070. The number of hydrogen-bond acceptors (Lipinski definition) is 1. The molecule has 0 aliphatic heterocycles. The van der Waals surface area contributed by atoms with Crippen molar-refractivity contribution in [3.8, 4) is 22.6 Å². The average Bonchev–Trinajstić information content (AvgIpc) is 3.05. The molecule has 0 aliphatic rings. The van der Waals surface area contributed by atoms with E-state index in [0.29, 0.717) is 0 Å². The zero-order chi connectivity index (χ0) is 30.2. The van der Waals surface area contributed by atoms with Crippen LogP contribution in [-0.4, -0.2) is 6.71 Å². The summed E-state index contributed by atoms with van der Waals surface area (Å²) in [4.78, 5) is 0. The Hall–Kier alpha value is -5.08. The molecule has 7 aromatic rings. The summed E-state index contributed by atoms with van der Waals surface area (Å²) in [7, 11) is 0. The molecular formula is C42H35BO. The van der Waals surface area contributed by atoms with Gasteiger partial charge in [0.25, 0.3) is 0 Å². The standard InChI is InChI=1S/C42H35BO/c1-28-13-5-10-22-39(28)44-42-31(4)14-11-21-38(42)34-17-12-18-35(27-34)43(40-29(2)23-25-32-15-6-8-19-36(32)40)41-30(3)24-26-33-16-7-9-20-37(33)41/h5-27H,1-4H3. The van der Waals surface area contributed by atoms with Crippen LogP contribution in [0.1, 0.15) is 22.3 Å². The largest absolute Gasteiger partial charge is 0.456 e. The monoisotopic (exact) mass is 566 g/mol. The maximum Gasteiger partial charge on any atom is 0.243 e. The lowest BCUT2D eigenvalue weighted by molar-refractivity contribution is 0.477. The number of benzene rings is 7. The molecule has 1 nitrogen and oxygen atoms in total. The van der Waals surface area contributed by atoms with E-state index in [0.717, 1.165) is 33.8 Å². The van der Waals surface area contributed by atoms with Crippen molar-refractivity contribution in [2.45, 2.75) is 27.7 Å². The third-order valence-electron chi connectivity index (χ3n) is 9.00. The smallest absolute Gasteiger partial charge is 0.243 e. The Kier molecular flexibility index (Phi) is 7.28. The van der Waals surface area contributed by atoms with Crippen LogP contribution in [0, 0.1) is 27.7 Å². The van der Waals surface area contributed by atoms with Gasteiger partial charge in [0.1, 0.15) is 11.5 Å². The predicted octanol–water partition coefficient (Wildman–Crippen LogP) is 9.20. The highest BCUT2D eigenvalue weighted by molar-refractivity contribution is 6.98. The second-order valence-electron chi connectivity index (χ2n) is 11.9. The Morgan fingerprint density at radius 1 is 0.455 bits per heavy atom. The fourth-order valence-corrected chi connectivity index (χ4v) is 6.74. The Labute approximate surface area is 260 Å². The van der Waals surface area contributed by atoms with E-state index in [-0.39, 0.29) is 6.71 Å². The molecule has 0 N–H and O–H groups in total. The van der Waals surface area contributed by atoms with Gasteiger partial charge in [-0.05, 0) is 72.0 Å². The van der Waals surface area contributed by atoms with E-state index in [4.69, 9.17) is 4.74 Å². The molecule has 0 saturated heterocycles. The van der Waals surface area contributed by atoms with E-state index in [2.05, 4.69) is 155 Å². The number of aryl methyl sites for hydroxylation is 4. The first-order valence-corrected chi connectivity index (χ1v) is 15.4. The molecule has 0 heterocycles. The molecule has 0 amide bonds. The predicted molar refractivity (Wildman–Crippen MR) is 190 cm³/mol. The van der Waals surface area contributed by atoms with Crippen LogP contribution in [0.4, 0.5) is 0 Å². The van der Waals surface area contributed by atoms with E-state index in [1.807, 2.05) is 12.1 Å². The van der Waals surface area contributed by atoms with E-state index in [9.17, 15) is 0 Å². The lowest BCUT2D eigenvalue weighted by Crippen LogP contribution is -2.54. The minimum absolute atomic E-state index is 0.0395. The van der Waals surface area contributed by atoms with Gasteiger partial charge >= 0.3 is 0 Å². The molecule has 7 aromatic carbocycles. The van der Waals surface area contributed by atoms with E-state index < -0.39 is 0 Å². The summed E-state index contributed by atoms with van der Waals surface area (Å²) in [5.74, 6) is 1.79. The van der Waals surface area contributed by atoms with Gasteiger partial charge in [0.15, 0.2) is 0 Å². The molecule has 7 rings (SSSR count). The van der Waals surface area contributed by atoms with Crippen molar-refractivity contribution in [1.82, 2.24) is 0 Å². The van der Waals surface area contributed by atoms with Gasteiger partial charge in [-0.15, -0.1) is 0 Å². The highest BCUT2D eigenvalue weighted by atomic mass is 16.5. The van der Waals surface area contributed by atoms with Crippen LogP contribution >= 0.6 is 0 Å². The molecule has 0 fully saturated rings. The molecule has 0 atom stereocenters. The molecule has 0 aliphatic carbocycles. The van der Waals surface area contributed by atoms with Gasteiger partial charge in [0.2, 0.25) is 6.71 Å². The van der Waals surface area contributed by atoms with Gasteiger partial charge in [-0.2, -0.15) is 0 Å². The number of hydrogen-bond donors (Lipinski definition) is 0. The van der Waals surface area contributed by atoms with Crippen molar-refractivity contribution in [3.05, 3.63) is 162 Å². The summed E-state index contributed by atoms with van der Waals surface area (Å²) in [6.07, 6.45) is 0. The lowest BCUT2D eigenvalue weighted by Gasteiger charge is -2.24. The SMILES string of the molecule is Cc1ccccc1Oc1c(C)cccc1-c1cccc(B(c2c(C)ccc3ccccc23)c2c(C)ccc3ccccc23)c1. The molecule has 0 aromatic heterocycles. The molecular weight excluding hydrogens is 531 g/mol. The average molecular weight is 567 g/mol. The summed E-state index contributed by atoms with van der Waals surface area (Å²) in [5, 5.41) is 5.13. The maximum absolute atomic E-state index is 6.65. The third-order valence-corrected chi connectivity index (χ3v) is 9.00. The van der Waals surface area contributed by atoms with Crippen LogP contribution in [0.5, 0.6) is 11.5 Å². The zero-order valence-corrected chi connectivity index (χ0v) is 25.8. The summed E-state index contributed by atoms with van der Waals surface area (Å²) in [5.41, 5.74) is 11.1. The van der Waals surface area contributed by atoms with E-state index in [1.54, 1.807) is 0 Å². The minimum atomic E-state index is 0.0395. The van der Waals surface area contributed by atoms with Crippen molar-refractivity contribution in [1.29, 1.82) is 0 Å². The van der Waals surface area contributed by atoms with Crippen LogP contribution in [0.25, 0.3) is 32.7 Å². The molecule has 44 heavy (non-hydrogen) atoms. The molecule has 0 spiro atoms. The van der Waals surface area contributed by atoms with Gasteiger partial charge in [-0.1, -0.05) is 161 Å². The number of fused-ring (bicyclic) bond motifs is 2. The van der Waals surface area contributed by atoms with Gasteiger partial charge in [-0.25, -0.2) is 0 Å². The van der Waals surface area contributed by atoms with Crippen molar-refractivity contribution < 1.29 is 4.74 Å². The minimum Gasteiger partial charge on any atom is -0.456 e. The first kappa shape index (κ1) is 27.7. The van der Waals surface area contributed by atoms with Gasteiger partial charge < -0.3 is 4.74 Å². The molecule has 0 bridgehead atoms. The zero-order valence-electron chi connectivity index (χ0n) is 25.8. The van der Waals surface area contributed by atoms with Crippen molar-refractivity contribution >= 4 is 44.6 Å². The van der Waals surface area contributed by atoms with Gasteiger partial charge in [0.05, 0.1) is 0 Å². The fraction of sp³-hybridized carbons (Fsp3) is 0.0952. The highest BCUT2D eigenvalue weighted by Gasteiger charge is 2.29. The summed E-state index contributed by atoms with van der Waals surface area (Å²) < 4.78 is 6.65. The van der Waals surface area contributed by atoms with Crippen LogP contribution < -0.4 is 21.1 Å². The van der Waals surface area contributed by atoms with Crippen molar-refractivity contribution in [2.24, 2.45) is 0 Å². The molecule has 0 radical (unpaired) electrons. The quantitative estimate of drug-likeness (QED) is 0.182. The van der Waals surface area contributed by atoms with Crippen LogP contribution in [0.3, 0.4) is 0 Å². The Morgan fingerprint density at radius 2 is 1.02 bits per heavy atom. The molecule has 0 unspecified atom stereocenters. The molecule has 212 valence electrons. The maximum atomic E-state index is 6.65. The topological polar surface area (TPSA) is 9.23 Å².